The molecule has 0 aliphatic carbocycles. The van der Waals surface area contributed by atoms with Crippen LogP contribution >= 0.6 is 0 Å². The third-order valence-electron chi connectivity index (χ3n) is 5.90. The minimum atomic E-state index is -0.709. The highest BCUT2D eigenvalue weighted by Crippen LogP contribution is 2.52. The lowest BCUT2D eigenvalue weighted by Crippen LogP contribution is -2.41. The zero-order valence-electron chi connectivity index (χ0n) is 15.8. The van der Waals surface area contributed by atoms with E-state index >= 15 is 0 Å². The number of likely N-dealkylation sites (tertiary alicyclic amines) is 1. The maximum atomic E-state index is 13.2. The first kappa shape index (κ1) is 17.3. The molecule has 6 heteroatoms. The Balaban J connectivity index is 1.39. The van der Waals surface area contributed by atoms with E-state index < -0.39 is 17.4 Å². The third kappa shape index (κ3) is 2.59. The number of hydrogen-bond donors (Lipinski definition) is 1. The van der Waals surface area contributed by atoms with Crippen LogP contribution in [0.4, 0.5) is 5.69 Å². The normalized spacial score (nSPS) is 30.1. The molecule has 3 aliphatic rings. The van der Waals surface area contributed by atoms with Gasteiger partial charge in [-0.05, 0) is 49.2 Å². The van der Waals surface area contributed by atoms with E-state index in [0.29, 0.717) is 13.1 Å². The molecule has 0 unspecified atom stereocenters. The first-order chi connectivity index (χ1) is 13.4. The molecule has 5 rings (SSSR count). The lowest BCUT2D eigenvalue weighted by molar-refractivity contribution is -0.136. The summed E-state index contributed by atoms with van der Waals surface area (Å²) in [7, 11) is 0. The number of aryl methyl sites for hydroxylation is 2. The van der Waals surface area contributed by atoms with Gasteiger partial charge in [0.1, 0.15) is 11.4 Å². The molecule has 2 saturated heterocycles. The smallest absolute Gasteiger partial charge is 0.231 e. The standard InChI is InChI=1S/C22H22N2O4/c1-13-8-14(2)10-15(9-13)23-20(25)18-17-5-6-22(28-17)12-24(21(26)19(18)22)11-16-4-3-7-27-16/h3-10,17-19H,11-12H2,1-2H3,(H,23,25)/t17-,18-,19-,22-/m1/s1. The number of amides is 2. The van der Waals surface area contributed by atoms with Crippen molar-refractivity contribution >= 4 is 17.5 Å². The Bertz CT molecular complexity index is 960. The molecule has 2 bridgehead atoms. The van der Waals surface area contributed by atoms with Gasteiger partial charge in [-0.25, -0.2) is 0 Å². The molecule has 2 aromatic rings. The van der Waals surface area contributed by atoms with Gasteiger partial charge in [0.15, 0.2) is 0 Å². The molecule has 2 amide bonds. The van der Waals surface area contributed by atoms with Gasteiger partial charge in [0.05, 0.1) is 37.3 Å². The van der Waals surface area contributed by atoms with Gasteiger partial charge in [-0.2, -0.15) is 0 Å². The van der Waals surface area contributed by atoms with Crippen LogP contribution in [0.5, 0.6) is 0 Å². The second-order valence-electron chi connectivity index (χ2n) is 8.04. The topological polar surface area (TPSA) is 71.8 Å². The Morgan fingerprint density at radius 3 is 2.79 bits per heavy atom. The average molecular weight is 378 g/mol. The maximum Gasteiger partial charge on any atom is 0.231 e. The molecule has 2 fully saturated rings. The van der Waals surface area contributed by atoms with Crippen molar-refractivity contribution < 1.29 is 18.7 Å². The van der Waals surface area contributed by atoms with Crippen molar-refractivity contribution in [2.24, 2.45) is 11.8 Å². The van der Waals surface area contributed by atoms with Gasteiger partial charge in [-0.1, -0.05) is 18.2 Å². The molecular weight excluding hydrogens is 356 g/mol. The summed E-state index contributed by atoms with van der Waals surface area (Å²) in [6.07, 6.45) is 5.12. The fraction of sp³-hybridized carbons (Fsp3) is 0.364. The van der Waals surface area contributed by atoms with E-state index in [-0.39, 0.29) is 17.9 Å². The largest absolute Gasteiger partial charge is 0.467 e. The first-order valence-corrected chi connectivity index (χ1v) is 9.53. The SMILES string of the molecule is Cc1cc(C)cc(NC(=O)[C@@H]2[C@H]3C=C[C@]4(CN(Cc5ccco5)C(=O)[C@@H]24)O3)c1. The number of ether oxygens (including phenoxy) is 1. The van der Waals surface area contributed by atoms with Crippen molar-refractivity contribution in [2.75, 3.05) is 11.9 Å². The maximum absolute atomic E-state index is 13.2. The van der Waals surface area contributed by atoms with Gasteiger partial charge in [-0.3, -0.25) is 9.59 Å². The average Bonchev–Trinajstić information content (AvgIpc) is 3.37. The highest BCUT2D eigenvalue weighted by molar-refractivity contribution is 5.99. The molecule has 3 aliphatic heterocycles. The number of benzene rings is 1. The van der Waals surface area contributed by atoms with Crippen LogP contribution in [0.2, 0.25) is 0 Å². The zero-order chi connectivity index (χ0) is 19.5. The Labute approximate surface area is 163 Å². The van der Waals surface area contributed by atoms with Gasteiger partial charge in [-0.15, -0.1) is 0 Å². The molecule has 0 saturated carbocycles. The van der Waals surface area contributed by atoms with Crippen LogP contribution in [0.3, 0.4) is 0 Å². The van der Waals surface area contributed by atoms with Crippen molar-refractivity contribution in [3.05, 3.63) is 65.6 Å². The zero-order valence-corrected chi connectivity index (χ0v) is 15.8. The van der Waals surface area contributed by atoms with Crippen LogP contribution in [-0.2, 0) is 20.9 Å². The van der Waals surface area contributed by atoms with E-state index in [1.165, 1.54) is 0 Å². The summed E-state index contributed by atoms with van der Waals surface area (Å²) >= 11 is 0. The highest BCUT2D eigenvalue weighted by Gasteiger charge is 2.66. The lowest BCUT2D eigenvalue weighted by atomic mass is 9.76. The summed E-state index contributed by atoms with van der Waals surface area (Å²) in [5, 5.41) is 3.00. The fourth-order valence-corrected chi connectivity index (χ4v) is 4.87. The van der Waals surface area contributed by atoms with Crippen molar-refractivity contribution in [3.63, 3.8) is 0 Å². The summed E-state index contributed by atoms with van der Waals surface area (Å²) in [6.45, 7) is 4.82. The summed E-state index contributed by atoms with van der Waals surface area (Å²) in [4.78, 5) is 28.0. The summed E-state index contributed by atoms with van der Waals surface area (Å²) in [5.74, 6) is -0.522. The highest BCUT2D eigenvalue weighted by atomic mass is 16.5. The molecule has 6 nitrogen and oxygen atoms in total. The van der Waals surface area contributed by atoms with E-state index in [2.05, 4.69) is 11.4 Å². The molecular formula is C22H22N2O4. The van der Waals surface area contributed by atoms with Gasteiger partial charge in [0, 0.05) is 5.69 Å². The number of carbonyl (C=O) groups is 2. The lowest BCUT2D eigenvalue weighted by Gasteiger charge is -2.23. The van der Waals surface area contributed by atoms with E-state index in [1.807, 2.05) is 44.2 Å². The number of nitrogens with zero attached hydrogens (tertiary/aromatic N) is 1. The summed E-state index contributed by atoms with van der Waals surface area (Å²) in [5.41, 5.74) is 2.20. The van der Waals surface area contributed by atoms with Gasteiger partial charge in [0.2, 0.25) is 11.8 Å². The van der Waals surface area contributed by atoms with E-state index in [0.717, 1.165) is 22.6 Å². The minimum Gasteiger partial charge on any atom is -0.467 e. The number of fused-ring (bicyclic) bond motifs is 1. The number of hydrogen-bond acceptors (Lipinski definition) is 4. The van der Waals surface area contributed by atoms with Crippen molar-refractivity contribution in [1.82, 2.24) is 4.90 Å². The third-order valence-corrected chi connectivity index (χ3v) is 5.90. The van der Waals surface area contributed by atoms with Crippen LogP contribution < -0.4 is 5.32 Å². The predicted octanol–water partition coefficient (Wildman–Crippen LogP) is 2.82. The van der Waals surface area contributed by atoms with Crippen LogP contribution in [0.25, 0.3) is 0 Å². The van der Waals surface area contributed by atoms with Gasteiger partial charge >= 0.3 is 0 Å². The molecule has 0 radical (unpaired) electrons. The molecule has 4 atom stereocenters. The Morgan fingerprint density at radius 2 is 2.07 bits per heavy atom. The molecule has 1 aromatic heterocycles. The minimum absolute atomic E-state index is 0.0520. The van der Waals surface area contributed by atoms with Crippen molar-refractivity contribution in [1.29, 1.82) is 0 Å². The van der Waals surface area contributed by atoms with Gasteiger partial charge in [0.25, 0.3) is 0 Å². The molecule has 144 valence electrons. The second-order valence-corrected chi connectivity index (χ2v) is 8.04. The van der Waals surface area contributed by atoms with E-state index in [9.17, 15) is 9.59 Å². The van der Waals surface area contributed by atoms with Crippen molar-refractivity contribution in [3.8, 4) is 0 Å². The van der Waals surface area contributed by atoms with Crippen LogP contribution in [0.15, 0.2) is 53.2 Å². The van der Waals surface area contributed by atoms with Crippen LogP contribution in [0.1, 0.15) is 16.9 Å². The Morgan fingerprint density at radius 1 is 1.29 bits per heavy atom. The predicted molar refractivity (Wildman–Crippen MR) is 102 cm³/mol. The summed E-state index contributed by atoms with van der Waals surface area (Å²) < 4.78 is 11.5. The molecule has 1 spiro atoms. The van der Waals surface area contributed by atoms with Gasteiger partial charge < -0.3 is 19.4 Å². The number of anilines is 1. The number of rotatable bonds is 4. The Kier molecular flexibility index (Phi) is 3.74. The number of carbonyl (C=O) groups excluding carboxylic acids is 2. The molecule has 1 N–H and O–H groups in total. The summed E-state index contributed by atoms with van der Waals surface area (Å²) in [6, 6.07) is 9.57. The monoisotopic (exact) mass is 378 g/mol. The van der Waals surface area contributed by atoms with Crippen LogP contribution in [0, 0.1) is 25.7 Å². The fourth-order valence-electron chi connectivity index (χ4n) is 4.87. The van der Waals surface area contributed by atoms with Crippen LogP contribution in [-0.4, -0.2) is 35.0 Å². The second kappa shape index (κ2) is 6.07. The molecule has 28 heavy (non-hydrogen) atoms. The number of furan rings is 1. The quantitative estimate of drug-likeness (QED) is 0.831. The number of nitrogens with one attached hydrogen (secondary N) is 1. The van der Waals surface area contributed by atoms with E-state index in [1.54, 1.807) is 17.2 Å². The molecule has 1 aromatic carbocycles. The molecule has 4 heterocycles. The van der Waals surface area contributed by atoms with E-state index in [4.69, 9.17) is 9.15 Å². The first-order valence-electron chi connectivity index (χ1n) is 9.53. The Hall–Kier alpha value is -2.86. The van der Waals surface area contributed by atoms with Crippen molar-refractivity contribution in [2.45, 2.75) is 32.1 Å².